The Morgan fingerprint density at radius 1 is 0.394 bits per heavy atom. The highest BCUT2D eigenvalue weighted by atomic mass is 16.4. The quantitative estimate of drug-likeness (QED) is 0.0158. The average Bonchev–Trinajstić information content (AvgIpc) is 3.28. The average molecular weight is 937 g/mol. The molecule has 384 valence electrons. The van der Waals surface area contributed by atoms with Gasteiger partial charge in [0.2, 0.25) is 0 Å². The van der Waals surface area contributed by atoms with Crippen molar-refractivity contribution in [3.05, 3.63) is 72.9 Å². The maximum Gasteiger partial charge on any atom is 0.303 e. The third-order valence-corrected chi connectivity index (χ3v) is 10.5. The molecule has 0 spiro atoms. The highest BCUT2D eigenvalue weighted by molar-refractivity contribution is 5.67. The van der Waals surface area contributed by atoms with Crippen molar-refractivity contribution in [2.45, 2.75) is 237 Å². The number of aliphatic hydroxyl groups is 6. The van der Waals surface area contributed by atoms with Gasteiger partial charge in [0, 0.05) is 25.9 Å². The van der Waals surface area contributed by atoms with Crippen LogP contribution in [0.4, 0.5) is 0 Å². The summed E-state index contributed by atoms with van der Waals surface area (Å²) in [6.45, 7) is 2.09. The molecule has 0 saturated heterocycles. The minimum absolute atomic E-state index is 0.199. The fourth-order valence-corrected chi connectivity index (χ4v) is 6.42. The number of allylic oxidation sites excluding steroid dienone is 8. The largest absolute Gasteiger partial charge is 0.481 e. The fourth-order valence-electron chi connectivity index (χ4n) is 6.42. The zero-order chi connectivity index (χ0) is 49.6. The SMILES string of the molecule is CCC/C=C\CC(O)/C=C/CCCCCCCCC(=O)O.O=C(O)CCCCCCC/C=C\C=C/CC(O)CCC(O)CO.O=C(O)CCCCCCC/C=C\C=C/CC(O)CCCCO. The van der Waals surface area contributed by atoms with Crippen molar-refractivity contribution in [3.8, 4) is 0 Å². The molecule has 66 heavy (non-hydrogen) atoms. The number of carbonyl (C=O) groups is 3. The molecule has 12 nitrogen and oxygen atoms in total. The number of carboxylic acid groups (broad SMARTS) is 3. The van der Waals surface area contributed by atoms with Crippen molar-refractivity contribution in [2.75, 3.05) is 13.2 Å². The maximum atomic E-state index is 10.3. The van der Waals surface area contributed by atoms with Crippen LogP contribution >= 0.6 is 0 Å². The molecule has 0 aliphatic carbocycles. The van der Waals surface area contributed by atoms with E-state index in [4.69, 9.17) is 25.5 Å². The minimum Gasteiger partial charge on any atom is -0.481 e. The molecule has 0 aromatic carbocycles. The summed E-state index contributed by atoms with van der Waals surface area (Å²) >= 11 is 0. The highest BCUT2D eigenvalue weighted by Crippen LogP contribution is 2.12. The molecule has 0 radical (unpaired) electrons. The van der Waals surface area contributed by atoms with Gasteiger partial charge >= 0.3 is 17.9 Å². The molecule has 0 rings (SSSR count). The second-order valence-corrected chi connectivity index (χ2v) is 17.1. The number of carboxylic acids is 3. The van der Waals surface area contributed by atoms with Gasteiger partial charge in [-0.25, -0.2) is 0 Å². The molecule has 0 fully saturated rings. The molecule has 12 heteroatoms. The van der Waals surface area contributed by atoms with Crippen LogP contribution in [0.15, 0.2) is 72.9 Å². The summed E-state index contributed by atoms with van der Waals surface area (Å²) in [6.07, 6.45) is 50.3. The zero-order valence-corrected chi connectivity index (χ0v) is 41.0. The number of aliphatic carboxylic acids is 3. The number of aliphatic hydroxyl groups excluding tert-OH is 6. The van der Waals surface area contributed by atoms with Crippen LogP contribution in [0.3, 0.4) is 0 Å². The number of rotatable bonds is 44. The summed E-state index contributed by atoms with van der Waals surface area (Å²) in [4.78, 5) is 31.0. The Bertz CT molecular complexity index is 1240. The van der Waals surface area contributed by atoms with Crippen molar-refractivity contribution in [3.63, 3.8) is 0 Å². The summed E-state index contributed by atoms with van der Waals surface area (Å²) in [5.41, 5.74) is 0. The molecule has 0 aromatic rings. The third-order valence-electron chi connectivity index (χ3n) is 10.5. The van der Waals surface area contributed by atoms with Crippen molar-refractivity contribution in [1.29, 1.82) is 0 Å². The predicted molar refractivity (Wildman–Crippen MR) is 269 cm³/mol. The Balaban J connectivity index is -0.000000903. The Labute approximate surface area is 400 Å². The van der Waals surface area contributed by atoms with Gasteiger partial charge in [-0.15, -0.1) is 0 Å². The van der Waals surface area contributed by atoms with Crippen LogP contribution in [0.25, 0.3) is 0 Å². The predicted octanol–water partition coefficient (Wildman–Crippen LogP) is 11.5. The van der Waals surface area contributed by atoms with E-state index < -0.39 is 30.1 Å². The van der Waals surface area contributed by atoms with Crippen molar-refractivity contribution >= 4 is 17.9 Å². The fraction of sp³-hybridized carbons (Fsp3) is 0.722. The van der Waals surface area contributed by atoms with Gasteiger partial charge in [-0.2, -0.15) is 0 Å². The third kappa shape index (κ3) is 64.9. The Kier molecular flexibility index (Phi) is 56.7. The second kappa shape index (κ2) is 55.9. The minimum atomic E-state index is -0.738. The summed E-state index contributed by atoms with van der Waals surface area (Å²) in [6, 6.07) is 0. The Morgan fingerprint density at radius 2 is 0.788 bits per heavy atom. The van der Waals surface area contributed by atoms with E-state index in [9.17, 15) is 34.8 Å². The normalized spacial score (nSPS) is 13.7. The summed E-state index contributed by atoms with van der Waals surface area (Å²) in [5.74, 6) is -2.11. The van der Waals surface area contributed by atoms with E-state index in [0.717, 1.165) is 141 Å². The molecule has 0 saturated carbocycles. The monoisotopic (exact) mass is 937 g/mol. The van der Waals surface area contributed by atoms with E-state index in [1.165, 1.54) is 12.8 Å². The van der Waals surface area contributed by atoms with Crippen LogP contribution in [0.2, 0.25) is 0 Å². The molecule has 0 aliphatic heterocycles. The molecule has 0 aliphatic rings. The lowest BCUT2D eigenvalue weighted by atomic mass is 10.1. The van der Waals surface area contributed by atoms with Crippen LogP contribution in [0, 0.1) is 0 Å². The van der Waals surface area contributed by atoms with Crippen molar-refractivity contribution in [2.24, 2.45) is 0 Å². The molecule has 0 bridgehead atoms. The van der Waals surface area contributed by atoms with E-state index in [2.05, 4.69) is 37.3 Å². The molecule has 4 atom stereocenters. The first kappa shape index (κ1) is 66.9. The Morgan fingerprint density at radius 3 is 1.21 bits per heavy atom. The topological polar surface area (TPSA) is 233 Å². The summed E-state index contributed by atoms with van der Waals surface area (Å²) < 4.78 is 0. The molecule has 9 N–H and O–H groups in total. The standard InChI is InChI=1S/C18H32O5.C18H32O4.C18H32O3/c19-15-17(21)14-13-16(20)11-9-7-5-3-1-2-4-6-8-10-12-18(22)23;19-16-12-11-14-17(20)13-9-7-5-3-1-2-4-6-8-10-15-18(21)22;1-2-3-4-11-14-17(19)15-12-9-7-5-6-8-10-13-16-18(20)21/h3,5,7,9,16-17,19-21H,1-2,4,6,8,10-15H2,(H,22,23);3,5,7,9,17,19-20H,1-2,4,6,8,10-16H2,(H,21,22);4,11-12,15,17,19H,2-3,5-10,13-14,16H2,1H3,(H,20,21)/b2*5-3-,9-7-;11-4-,15-12+. The van der Waals surface area contributed by atoms with E-state index in [1.54, 1.807) is 0 Å². The van der Waals surface area contributed by atoms with Gasteiger partial charge in [-0.1, -0.05) is 150 Å². The van der Waals surface area contributed by atoms with Gasteiger partial charge in [-0.3, -0.25) is 14.4 Å². The lowest BCUT2D eigenvalue weighted by Gasteiger charge is -2.10. The van der Waals surface area contributed by atoms with Gasteiger partial charge < -0.3 is 46.0 Å². The van der Waals surface area contributed by atoms with E-state index in [-0.39, 0.29) is 38.3 Å². The van der Waals surface area contributed by atoms with Gasteiger partial charge in [0.1, 0.15) is 0 Å². The van der Waals surface area contributed by atoms with E-state index >= 15 is 0 Å². The first-order valence-electron chi connectivity index (χ1n) is 25.4. The van der Waals surface area contributed by atoms with Gasteiger partial charge in [0.25, 0.3) is 0 Å². The molecular formula is C54H96O12. The molecule has 0 aromatic heterocycles. The highest BCUT2D eigenvalue weighted by Gasteiger charge is 2.07. The van der Waals surface area contributed by atoms with Gasteiger partial charge in [0.15, 0.2) is 0 Å². The first-order valence-corrected chi connectivity index (χ1v) is 25.4. The molecule has 0 heterocycles. The molecule has 4 unspecified atom stereocenters. The van der Waals surface area contributed by atoms with Crippen LogP contribution < -0.4 is 0 Å². The maximum absolute atomic E-state index is 10.3. The lowest BCUT2D eigenvalue weighted by molar-refractivity contribution is -0.138. The van der Waals surface area contributed by atoms with Crippen LogP contribution in [-0.2, 0) is 14.4 Å². The summed E-state index contributed by atoms with van der Waals surface area (Å²) in [5, 5.41) is 81.0. The number of unbranched alkanes of at least 4 members (excludes halogenated alkanes) is 18. The Hall–Kier alpha value is -3.39. The number of hydrogen-bond donors (Lipinski definition) is 9. The van der Waals surface area contributed by atoms with Gasteiger partial charge in [0.05, 0.1) is 31.0 Å². The van der Waals surface area contributed by atoms with Gasteiger partial charge in [-0.05, 0) is 116 Å². The molecular weight excluding hydrogens is 841 g/mol. The van der Waals surface area contributed by atoms with Crippen molar-refractivity contribution < 1.29 is 60.3 Å². The smallest absolute Gasteiger partial charge is 0.303 e. The summed E-state index contributed by atoms with van der Waals surface area (Å²) in [7, 11) is 0. The zero-order valence-electron chi connectivity index (χ0n) is 41.0. The second-order valence-electron chi connectivity index (χ2n) is 17.1. The first-order chi connectivity index (χ1) is 31.9. The van der Waals surface area contributed by atoms with E-state index in [1.807, 2.05) is 42.5 Å². The number of hydrogen-bond acceptors (Lipinski definition) is 9. The van der Waals surface area contributed by atoms with E-state index in [0.29, 0.717) is 38.5 Å². The molecule has 0 amide bonds. The van der Waals surface area contributed by atoms with Crippen LogP contribution in [0.1, 0.15) is 212 Å². The lowest BCUT2D eigenvalue weighted by Crippen LogP contribution is -2.15. The van der Waals surface area contributed by atoms with Crippen LogP contribution in [-0.4, -0.2) is 101 Å². The van der Waals surface area contributed by atoms with Crippen molar-refractivity contribution in [1.82, 2.24) is 0 Å². The van der Waals surface area contributed by atoms with Crippen LogP contribution in [0.5, 0.6) is 0 Å².